The van der Waals surface area contributed by atoms with Crippen LogP contribution in [0.5, 0.6) is 17.2 Å². The van der Waals surface area contributed by atoms with Crippen molar-refractivity contribution in [3.63, 3.8) is 0 Å². The number of alkyl halides is 2. The van der Waals surface area contributed by atoms with Crippen LogP contribution in [0.3, 0.4) is 0 Å². The van der Waals surface area contributed by atoms with Gasteiger partial charge in [-0.15, -0.1) is 0 Å². The molecule has 1 aliphatic rings. The summed E-state index contributed by atoms with van der Waals surface area (Å²) in [6.45, 7) is 0.883. The van der Waals surface area contributed by atoms with E-state index in [1.807, 2.05) is 18.2 Å². The number of hydrogen-bond donors (Lipinski definition) is 0. The van der Waals surface area contributed by atoms with Gasteiger partial charge in [0.25, 0.3) is 0 Å². The number of ether oxygens (including phenoxy) is 4. The van der Waals surface area contributed by atoms with Gasteiger partial charge in [0.2, 0.25) is 0 Å². The summed E-state index contributed by atoms with van der Waals surface area (Å²) in [6.07, 6.45) is 3.14. The number of methoxy groups -OCH3 is 2. The number of allylic oxidation sites excluding steroid dienone is 1. The van der Waals surface area contributed by atoms with E-state index in [1.165, 1.54) is 31.4 Å². The van der Waals surface area contributed by atoms with Crippen molar-refractivity contribution in [1.29, 1.82) is 0 Å². The number of benzene rings is 2. The predicted molar refractivity (Wildman–Crippen MR) is 112 cm³/mol. The second-order valence-corrected chi connectivity index (χ2v) is 6.90. The van der Waals surface area contributed by atoms with Gasteiger partial charge in [-0.2, -0.15) is 8.78 Å². The second kappa shape index (κ2) is 10.9. The molecule has 166 valence electrons. The first-order valence-electron chi connectivity index (χ1n) is 9.82. The molecule has 0 radical (unpaired) electrons. The fourth-order valence-corrected chi connectivity index (χ4v) is 3.31. The molecule has 0 saturated carbocycles. The lowest BCUT2D eigenvalue weighted by Gasteiger charge is -2.27. The average molecular weight is 433 g/mol. The van der Waals surface area contributed by atoms with Crippen LogP contribution in [0.2, 0.25) is 0 Å². The van der Waals surface area contributed by atoms with Gasteiger partial charge in [-0.25, -0.2) is 0 Å². The van der Waals surface area contributed by atoms with E-state index < -0.39 is 6.61 Å². The van der Waals surface area contributed by atoms with Gasteiger partial charge in [0.1, 0.15) is 5.75 Å². The van der Waals surface area contributed by atoms with E-state index in [1.54, 1.807) is 13.2 Å². The van der Waals surface area contributed by atoms with Gasteiger partial charge in [-0.1, -0.05) is 12.1 Å². The van der Waals surface area contributed by atoms with E-state index in [9.17, 15) is 13.6 Å². The molecule has 0 unspecified atom stereocenters. The normalized spacial score (nSPS) is 14.7. The minimum absolute atomic E-state index is 0.0665. The third-order valence-electron chi connectivity index (χ3n) is 4.89. The van der Waals surface area contributed by atoms with Gasteiger partial charge >= 0.3 is 6.61 Å². The summed E-state index contributed by atoms with van der Waals surface area (Å²) in [7, 11) is 2.96. The predicted octanol–water partition coefficient (Wildman–Crippen LogP) is 4.03. The highest BCUT2D eigenvalue weighted by Gasteiger charge is 2.15. The molecule has 0 amide bonds. The van der Waals surface area contributed by atoms with Crippen molar-refractivity contribution in [2.45, 2.75) is 13.2 Å². The Hall–Kier alpha value is -2.97. The highest BCUT2D eigenvalue weighted by Crippen LogP contribution is 2.30. The zero-order valence-corrected chi connectivity index (χ0v) is 17.5. The van der Waals surface area contributed by atoms with Crippen LogP contribution in [0.1, 0.15) is 21.5 Å². The Balaban J connectivity index is 1.74. The fraction of sp³-hybridized carbons (Fsp3) is 0.348. The van der Waals surface area contributed by atoms with Gasteiger partial charge in [-0.05, 0) is 42.0 Å². The van der Waals surface area contributed by atoms with Gasteiger partial charge in [0, 0.05) is 30.8 Å². The molecular formula is C23H25F2NO5. The lowest BCUT2D eigenvalue weighted by Crippen LogP contribution is -2.35. The number of ketones is 1. The molecule has 2 aromatic carbocycles. The maximum atomic E-state index is 12.6. The van der Waals surface area contributed by atoms with Crippen LogP contribution in [-0.2, 0) is 11.3 Å². The van der Waals surface area contributed by atoms with Crippen molar-refractivity contribution in [3.8, 4) is 17.2 Å². The number of nitrogens with zero attached hydrogens (tertiary/aromatic N) is 1. The van der Waals surface area contributed by atoms with E-state index >= 15 is 0 Å². The maximum Gasteiger partial charge on any atom is 0.387 e. The number of rotatable bonds is 9. The van der Waals surface area contributed by atoms with E-state index in [0.29, 0.717) is 18.8 Å². The van der Waals surface area contributed by atoms with Crippen LogP contribution in [-0.4, -0.2) is 57.8 Å². The molecule has 1 saturated heterocycles. The van der Waals surface area contributed by atoms with E-state index in [2.05, 4.69) is 9.64 Å². The Morgan fingerprint density at radius 1 is 1.06 bits per heavy atom. The molecule has 0 N–H and O–H groups in total. The van der Waals surface area contributed by atoms with Gasteiger partial charge < -0.3 is 18.9 Å². The zero-order chi connectivity index (χ0) is 22.2. The summed E-state index contributed by atoms with van der Waals surface area (Å²) in [4.78, 5) is 14.9. The van der Waals surface area contributed by atoms with Crippen LogP contribution in [0, 0.1) is 0 Å². The first-order valence-corrected chi connectivity index (χ1v) is 9.82. The van der Waals surface area contributed by atoms with Crippen molar-refractivity contribution in [1.82, 2.24) is 4.90 Å². The molecule has 3 rings (SSSR count). The Morgan fingerprint density at radius 3 is 2.45 bits per heavy atom. The molecule has 0 spiro atoms. The highest BCUT2D eigenvalue weighted by molar-refractivity contribution is 6.07. The van der Waals surface area contributed by atoms with Crippen molar-refractivity contribution in [2.24, 2.45) is 0 Å². The van der Waals surface area contributed by atoms with Crippen molar-refractivity contribution in [3.05, 3.63) is 59.2 Å². The molecule has 6 nitrogen and oxygen atoms in total. The molecule has 2 aromatic rings. The van der Waals surface area contributed by atoms with Crippen molar-refractivity contribution < 1.29 is 32.5 Å². The van der Waals surface area contributed by atoms with Gasteiger partial charge in [0.15, 0.2) is 17.3 Å². The number of carbonyl (C=O) groups is 1. The molecule has 1 heterocycles. The molecule has 1 aliphatic heterocycles. The Morgan fingerprint density at radius 2 is 1.77 bits per heavy atom. The summed E-state index contributed by atoms with van der Waals surface area (Å²) in [5, 5.41) is 0. The van der Waals surface area contributed by atoms with Crippen LogP contribution in [0.15, 0.2) is 42.5 Å². The first kappa shape index (κ1) is 22.7. The minimum Gasteiger partial charge on any atom is -0.496 e. The topological polar surface area (TPSA) is 57.2 Å². The smallest absolute Gasteiger partial charge is 0.387 e. The van der Waals surface area contributed by atoms with Gasteiger partial charge in [-0.3, -0.25) is 9.69 Å². The zero-order valence-electron chi connectivity index (χ0n) is 17.5. The third-order valence-corrected chi connectivity index (χ3v) is 4.89. The molecule has 0 aromatic heterocycles. The highest BCUT2D eigenvalue weighted by atomic mass is 19.3. The van der Waals surface area contributed by atoms with Crippen LogP contribution in [0.4, 0.5) is 8.78 Å². The number of morpholine rings is 1. The lowest BCUT2D eigenvalue weighted by atomic mass is 10.1. The summed E-state index contributed by atoms with van der Waals surface area (Å²) in [5.74, 6) is 0.444. The Kier molecular flexibility index (Phi) is 7.97. The van der Waals surface area contributed by atoms with Crippen molar-refractivity contribution >= 4 is 11.9 Å². The molecule has 8 heteroatoms. The molecule has 1 fully saturated rings. The fourth-order valence-electron chi connectivity index (χ4n) is 3.31. The quantitative estimate of drug-likeness (QED) is 0.440. The number of halogens is 2. The van der Waals surface area contributed by atoms with Gasteiger partial charge in [0.05, 0.1) is 27.4 Å². The standard InChI is InChI=1S/C23H25F2NO5/c1-28-20-7-4-16(13-18(20)15-26-9-11-30-12-10-26)3-6-19(27)17-5-8-21(31-23(24)25)22(14-17)29-2/h3-8,13-14,23H,9-12,15H2,1-2H3/b6-3+. The molecule has 0 atom stereocenters. The Bertz CT molecular complexity index is 926. The summed E-state index contributed by atoms with van der Waals surface area (Å²) < 4.78 is 45.2. The SMILES string of the molecule is COc1ccc(/C=C/C(=O)c2ccc(OC(F)F)c(OC)c2)cc1CN1CCOCC1. The lowest BCUT2D eigenvalue weighted by molar-refractivity contribution is -0.0512. The monoisotopic (exact) mass is 433 g/mol. The second-order valence-electron chi connectivity index (χ2n) is 6.90. The summed E-state index contributed by atoms with van der Waals surface area (Å²) in [6, 6.07) is 9.82. The number of hydrogen-bond acceptors (Lipinski definition) is 6. The van der Waals surface area contributed by atoms with Crippen LogP contribution < -0.4 is 14.2 Å². The molecular weight excluding hydrogens is 408 g/mol. The summed E-state index contributed by atoms with van der Waals surface area (Å²) >= 11 is 0. The summed E-state index contributed by atoms with van der Waals surface area (Å²) in [5.41, 5.74) is 2.17. The van der Waals surface area contributed by atoms with E-state index in [-0.39, 0.29) is 17.3 Å². The maximum absolute atomic E-state index is 12.6. The van der Waals surface area contributed by atoms with E-state index in [4.69, 9.17) is 14.2 Å². The van der Waals surface area contributed by atoms with Crippen LogP contribution >= 0.6 is 0 Å². The molecule has 0 aliphatic carbocycles. The number of carbonyl (C=O) groups excluding carboxylic acids is 1. The third kappa shape index (κ3) is 6.26. The largest absolute Gasteiger partial charge is 0.496 e. The molecule has 0 bridgehead atoms. The minimum atomic E-state index is -2.97. The average Bonchev–Trinajstić information content (AvgIpc) is 2.78. The Labute approximate surface area is 180 Å². The first-order chi connectivity index (χ1) is 15.0. The van der Waals surface area contributed by atoms with Crippen molar-refractivity contribution in [2.75, 3.05) is 40.5 Å². The van der Waals surface area contributed by atoms with E-state index in [0.717, 1.165) is 36.5 Å². The molecule has 31 heavy (non-hydrogen) atoms. The van der Waals surface area contributed by atoms with Crippen LogP contribution in [0.25, 0.3) is 6.08 Å².